The molecule has 11 aromatic rings. The maximum Gasteiger partial charge on any atom is 0.0965 e. The molecule has 0 N–H and O–H groups in total. The Bertz CT molecular complexity index is 2930. The van der Waals surface area contributed by atoms with E-state index < -0.39 is 0 Å². The first-order valence-electron chi connectivity index (χ1n) is 20.3. The number of benzene rings is 10. The summed E-state index contributed by atoms with van der Waals surface area (Å²) in [5.74, 6) is 0. The molecule has 0 bridgehead atoms. The number of nitrogens with zero attached hydrogens (tertiary/aromatic N) is 4. The van der Waals surface area contributed by atoms with Gasteiger partial charge in [0.2, 0.25) is 0 Å². The summed E-state index contributed by atoms with van der Waals surface area (Å²) < 4.78 is 0. The van der Waals surface area contributed by atoms with E-state index in [2.05, 4.69) is 228 Å². The summed E-state index contributed by atoms with van der Waals surface area (Å²) in [6, 6.07) is 78.0. The van der Waals surface area contributed by atoms with Gasteiger partial charge < -0.3 is 9.80 Å². The van der Waals surface area contributed by atoms with Gasteiger partial charge in [-0.3, -0.25) is 9.97 Å². The van der Waals surface area contributed by atoms with Crippen LogP contribution in [0, 0.1) is 0 Å². The van der Waals surface area contributed by atoms with Gasteiger partial charge in [-0.1, -0.05) is 170 Å². The third kappa shape index (κ3) is 6.19. The number of hydrogen-bond donors (Lipinski definition) is 0. The molecule has 11 rings (SSSR count). The van der Waals surface area contributed by atoms with Gasteiger partial charge in [0, 0.05) is 56.4 Å². The number of rotatable bonds is 8. The number of anilines is 6. The first-order valence-corrected chi connectivity index (χ1v) is 20.3. The molecule has 0 aliphatic carbocycles. The Labute approximate surface area is 348 Å². The van der Waals surface area contributed by atoms with Crippen LogP contribution in [0.5, 0.6) is 0 Å². The van der Waals surface area contributed by atoms with Crippen molar-refractivity contribution in [2.45, 2.75) is 0 Å². The van der Waals surface area contributed by atoms with Gasteiger partial charge in [-0.25, -0.2) is 0 Å². The molecular formula is C56H38N4. The number of aromatic nitrogens is 2. The molecule has 0 atom stereocenters. The van der Waals surface area contributed by atoms with Crippen LogP contribution in [0.1, 0.15) is 0 Å². The van der Waals surface area contributed by atoms with Crippen molar-refractivity contribution in [3.63, 3.8) is 0 Å². The summed E-state index contributed by atoms with van der Waals surface area (Å²) in [5.41, 5.74) is 10.3. The molecule has 0 unspecified atom stereocenters. The normalized spacial score (nSPS) is 11.3. The summed E-state index contributed by atoms with van der Waals surface area (Å²) in [5, 5.41) is 9.56. The molecule has 4 nitrogen and oxygen atoms in total. The summed E-state index contributed by atoms with van der Waals surface area (Å²) in [4.78, 5) is 14.6. The number of fused-ring (bicyclic) bond motifs is 4. The smallest absolute Gasteiger partial charge is 0.0965 e. The van der Waals surface area contributed by atoms with E-state index in [0.717, 1.165) is 56.6 Å². The second-order valence-corrected chi connectivity index (χ2v) is 15.0. The molecular weight excluding hydrogens is 729 g/mol. The Morgan fingerprint density at radius 3 is 0.817 bits per heavy atom. The van der Waals surface area contributed by atoms with Crippen molar-refractivity contribution in [3.8, 4) is 22.5 Å². The topological polar surface area (TPSA) is 32.3 Å². The van der Waals surface area contributed by atoms with Crippen molar-refractivity contribution in [1.29, 1.82) is 0 Å². The Kier molecular flexibility index (Phi) is 8.79. The largest absolute Gasteiger partial charge is 0.309 e. The lowest BCUT2D eigenvalue weighted by Gasteiger charge is -2.28. The predicted molar refractivity (Wildman–Crippen MR) is 252 cm³/mol. The maximum atomic E-state index is 4.93. The lowest BCUT2D eigenvalue weighted by Crippen LogP contribution is -2.11. The zero-order valence-corrected chi connectivity index (χ0v) is 32.7. The minimum absolute atomic E-state index is 0.832. The first kappa shape index (κ1) is 35.1. The SMILES string of the molecule is c1ccc2c(N(c3ccc(-c4nccnc4-c4ccc(N(c5cccc6ccccc56)c5cccc6ccccc56)cc4)cc3)c3cccc4ccccc34)cccc2c1. The molecule has 1 heterocycles. The third-order valence-electron chi connectivity index (χ3n) is 11.5. The molecule has 0 aliphatic rings. The van der Waals surface area contributed by atoms with Gasteiger partial charge in [-0.05, 0) is 70.1 Å². The molecule has 0 aliphatic heterocycles. The van der Waals surface area contributed by atoms with Crippen molar-refractivity contribution >= 4 is 77.2 Å². The van der Waals surface area contributed by atoms with Crippen LogP contribution < -0.4 is 9.80 Å². The zero-order valence-electron chi connectivity index (χ0n) is 32.7. The summed E-state index contributed by atoms with van der Waals surface area (Å²) in [6.45, 7) is 0. The average molecular weight is 767 g/mol. The van der Waals surface area contributed by atoms with Gasteiger partial charge >= 0.3 is 0 Å². The van der Waals surface area contributed by atoms with Crippen LogP contribution in [0.2, 0.25) is 0 Å². The molecule has 60 heavy (non-hydrogen) atoms. The van der Waals surface area contributed by atoms with Gasteiger partial charge in [0.1, 0.15) is 0 Å². The van der Waals surface area contributed by atoms with Crippen molar-refractivity contribution in [3.05, 3.63) is 231 Å². The average Bonchev–Trinajstić information content (AvgIpc) is 3.32. The minimum atomic E-state index is 0.832. The highest BCUT2D eigenvalue weighted by Crippen LogP contribution is 2.44. The molecule has 0 fully saturated rings. The molecule has 0 saturated carbocycles. The van der Waals surface area contributed by atoms with Crippen molar-refractivity contribution < 1.29 is 0 Å². The summed E-state index contributed by atoms with van der Waals surface area (Å²) in [6.07, 6.45) is 3.56. The van der Waals surface area contributed by atoms with E-state index in [-0.39, 0.29) is 0 Å². The second kappa shape index (κ2) is 15.0. The molecule has 0 amide bonds. The minimum Gasteiger partial charge on any atom is -0.309 e. The van der Waals surface area contributed by atoms with Gasteiger partial charge in [0.05, 0.1) is 34.1 Å². The maximum absolute atomic E-state index is 4.93. The quantitative estimate of drug-likeness (QED) is 0.154. The Morgan fingerprint density at radius 1 is 0.250 bits per heavy atom. The van der Waals surface area contributed by atoms with Crippen LogP contribution in [0.25, 0.3) is 65.6 Å². The van der Waals surface area contributed by atoms with Crippen LogP contribution >= 0.6 is 0 Å². The molecule has 0 spiro atoms. The standard InChI is InChI=1S/C56H38N4/c1-5-21-47-39(13-1)17-9-25-51(47)59(52-26-10-18-40-14-2-6-22-48(40)52)45-33-29-43(30-34-45)55-56(58-38-37-57-55)44-31-35-46(36-32-44)60(53-27-11-19-41-15-3-7-23-49(41)53)54-28-12-20-42-16-4-8-24-50(42)54/h1-38H. The molecule has 282 valence electrons. The van der Waals surface area contributed by atoms with Gasteiger partial charge in [-0.15, -0.1) is 0 Å². The van der Waals surface area contributed by atoms with E-state index in [4.69, 9.17) is 9.97 Å². The highest BCUT2D eigenvalue weighted by molar-refractivity contribution is 6.06. The highest BCUT2D eigenvalue weighted by atomic mass is 15.2. The monoisotopic (exact) mass is 766 g/mol. The Morgan fingerprint density at radius 2 is 0.517 bits per heavy atom. The summed E-state index contributed by atoms with van der Waals surface area (Å²) >= 11 is 0. The lowest BCUT2D eigenvalue weighted by molar-refractivity contribution is 1.21. The van der Waals surface area contributed by atoms with Gasteiger partial charge in [0.15, 0.2) is 0 Å². The van der Waals surface area contributed by atoms with E-state index in [9.17, 15) is 0 Å². The van der Waals surface area contributed by atoms with E-state index >= 15 is 0 Å². The molecule has 0 saturated heterocycles. The molecule has 10 aromatic carbocycles. The second-order valence-electron chi connectivity index (χ2n) is 15.0. The van der Waals surface area contributed by atoms with Crippen LogP contribution in [-0.4, -0.2) is 9.97 Å². The van der Waals surface area contributed by atoms with Crippen LogP contribution in [0.4, 0.5) is 34.1 Å². The molecule has 4 heteroatoms. The first-order chi connectivity index (χ1) is 29.8. The third-order valence-corrected chi connectivity index (χ3v) is 11.5. The van der Waals surface area contributed by atoms with E-state index in [1.54, 1.807) is 12.4 Å². The van der Waals surface area contributed by atoms with Crippen LogP contribution in [0.15, 0.2) is 231 Å². The van der Waals surface area contributed by atoms with Crippen molar-refractivity contribution in [1.82, 2.24) is 9.97 Å². The fraction of sp³-hybridized carbons (Fsp3) is 0. The predicted octanol–water partition coefficient (Wildman–Crippen LogP) is 15.4. The fourth-order valence-corrected chi connectivity index (χ4v) is 8.73. The Balaban J connectivity index is 0.996. The van der Waals surface area contributed by atoms with Crippen molar-refractivity contribution in [2.24, 2.45) is 0 Å². The molecule has 1 aromatic heterocycles. The highest BCUT2D eigenvalue weighted by Gasteiger charge is 2.21. The zero-order chi connectivity index (χ0) is 39.8. The van der Waals surface area contributed by atoms with Crippen LogP contribution in [-0.2, 0) is 0 Å². The number of hydrogen-bond acceptors (Lipinski definition) is 4. The molecule has 0 radical (unpaired) electrons. The van der Waals surface area contributed by atoms with E-state index in [1.807, 2.05) is 0 Å². The van der Waals surface area contributed by atoms with Crippen molar-refractivity contribution in [2.75, 3.05) is 9.80 Å². The summed E-state index contributed by atoms with van der Waals surface area (Å²) in [7, 11) is 0. The Hall–Kier alpha value is -8.08. The van der Waals surface area contributed by atoms with Gasteiger partial charge in [0.25, 0.3) is 0 Å². The van der Waals surface area contributed by atoms with Crippen LogP contribution in [0.3, 0.4) is 0 Å². The van der Waals surface area contributed by atoms with E-state index in [1.165, 1.54) is 43.1 Å². The fourth-order valence-electron chi connectivity index (χ4n) is 8.73. The van der Waals surface area contributed by atoms with Gasteiger partial charge in [-0.2, -0.15) is 0 Å². The lowest BCUT2D eigenvalue weighted by atomic mass is 10.0. The van der Waals surface area contributed by atoms with E-state index in [0.29, 0.717) is 0 Å².